The van der Waals surface area contributed by atoms with Crippen LogP contribution in [0.5, 0.6) is 5.75 Å². The van der Waals surface area contributed by atoms with Gasteiger partial charge in [-0.2, -0.15) is 0 Å². The van der Waals surface area contributed by atoms with Crippen LogP contribution in [0, 0.1) is 11.7 Å². The summed E-state index contributed by atoms with van der Waals surface area (Å²) in [4.78, 5) is 0. The second kappa shape index (κ2) is 5.93. The normalized spacial score (nSPS) is 31.8. The number of fused-ring (bicyclic) bond motifs is 1. The molecule has 2 N–H and O–H groups in total. The first-order valence-corrected chi connectivity index (χ1v) is 7.92. The molecule has 0 radical (unpaired) electrons. The molecule has 1 atom stereocenters. The zero-order valence-electron chi connectivity index (χ0n) is 12.6. The van der Waals surface area contributed by atoms with Gasteiger partial charge in [0.2, 0.25) is 0 Å². The Labute approximate surface area is 125 Å². The first kappa shape index (κ1) is 14.8. The molecule has 1 heterocycles. The van der Waals surface area contributed by atoms with E-state index in [0.29, 0.717) is 13.1 Å². The van der Waals surface area contributed by atoms with Gasteiger partial charge in [-0.15, -0.1) is 0 Å². The summed E-state index contributed by atoms with van der Waals surface area (Å²) in [5.41, 5.74) is 0.372. The minimum atomic E-state index is -0.565. The third-order valence-corrected chi connectivity index (χ3v) is 4.79. The van der Waals surface area contributed by atoms with Crippen molar-refractivity contribution in [1.29, 1.82) is 0 Å². The van der Waals surface area contributed by atoms with Gasteiger partial charge in [-0.1, -0.05) is 6.92 Å². The lowest BCUT2D eigenvalue weighted by Gasteiger charge is -2.35. The molecule has 4 heteroatoms. The van der Waals surface area contributed by atoms with Crippen molar-refractivity contribution in [3.05, 3.63) is 29.6 Å². The van der Waals surface area contributed by atoms with Gasteiger partial charge in [-0.3, -0.25) is 0 Å². The topological polar surface area (TPSA) is 41.5 Å². The lowest BCUT2D eigenvalue weighted by molar-refractivity contribution is -0.00728. The third-order valence-electron chi connectivity index (χ3n) is 4.79. The van der Waals surface area contributed by atoms with E-state index in [4.69, 9.17) is 4.74 Å². The molecule has 3 rings (SSSR count). The molecule has 1 unspecified atom stereocenters. The van der Waals surface area contributed by atoms with E-state index in [-0.39, 0.29) is 11.9 Å². The smallest absolute Gasteiger partial charge is 0.123 e. The zero-order valence-corrected chi connectivity index (χ0v) is 12.6. The number of benzene rings is 1. The van der Waals surface area contributed by atoms with Crippen molar-refractivity contribution >= 4 is 0 Å². The first-order chi connectivity index (χ1) is 10.0. The van der Waals surface area contributed by atoms with Crippen LogP contribution < -0.4 is 10.1 Å². The molecule has 0 bridgehead atoms. The van der Waals surface area contributed by atoms with Crippen molar-refractivity contribution < 1.29 is 14.2 Å². The predicted molar refractivity (Wildman–Crippen MR) is 80.0 cm³/mol. The molecule has 1 aromatic carbocycles. The summed E-state index contributed by atoms with van der Waals surface area (Å²) in [5.74, 6) is 1.30. The summed E-state index contributed by atoms with van der Waals surface area (Å²) in [5, 5.41) is 13.9. The summed E-state index contributed by atoms with van der Waals surface area (Å²) in [6, 6.07) is 4.67. The van der Waals surface area contributed by atoms with Crippen molar-refractivity contribution in [3.8, 4) is 5.75 Å². The van der Waals surface area contributed by atoms with Crippen LogP contribution >= 0.6 is 0 Å². The number of halogens is 1. The van der Waals surface area contributed by atoms with Gasteiger partial charge in [0.05, 0.1) is 5.60 Å². The minimum Gasteiger partial charge on any atom is -0.488 e. The number of aliphatic hydroxyl groups is 1. The molecule has 1 saturated carbocycles. The van der Waals surface area contributed by atoms with Crippen LogP contribution in [0.2, 0.25) is 0 Å². The Bertz CT molecular complexity index is 498. The van der Waals surface area contributed by atoms with Gasteiger partial charge in [-0.05, 0) is 49.8 Å². The fourth-order valence-electron chi connectivity index (χ4n) is 3.34. The number of hydrogen-bond donors (Lipinski definition) is 2. The molecule has 2 aliphatic rings. The molecule has 0 spiro atoms. The molecule has 1 aliphatic carbocycles. The first-order valence-electron chi connectivity index (χ1n) is 7.92. The fourth-order valence-corrected chi connectivity index (χ4v) is 3.34. The molecule has 0 aromatic heterocycles. The van der Waals surface area contributed by atoms with E-state index in [1.807, 2.05) is 0 Å². The van der Waals surface area contributed by atoms with Gasteiger partial charge in [0.25, 0.3) is 0 Å². The third kappa shape index (κ3) is 3.55. The average Bonchev–Trinajstić information content (AvgIpc) is 2.84. The van der Waals surface area contributed by atoms with Gasteiger partial charge in [0, 0.05) is 25.1 Å². The second-order valence-electron chi connectivity index (χ2n) is 6.73. The van der Waals surface area contributed by atoms with E-state index < -0.39 is 5.60 Å². The number of rotatable bonds is 4. The molecule has 3 nitrogen and oxygen atoms in total. The number of ether oxygens (including phenoxy) is 1. The van der Waals surface area contributed by atoms with Crippen LogP contribution in [0.1, 0.15) is 38.2 Å². The Balaban J connectivity index is 1.45. The van der Waals surface area contributed by atoms with Crippen molar-refractivity contribution in [2.75, 3.05) is 13.1 Å². The van der Waals surface area contributed by atoms with Crippen LogP contribution in [-0.4, -0.2) is 29.9 Å². The van der Waals surface area contributed by atoms with Crippen LogP contribution in [0.3, 0.4) is 0 Å². The molecule has 1 aromatic rings. The van der Waals surface area contributed by atoms with Crippen LogP contribution in [-0.2, 0) is 6.42 Å². The highest BCUT2D eigenvalue weighted by Crippen LogP contribution is 2.32. The molecular weight excluding hydrogens is 269 g/mol. The summed E-state index contributed by atoms with van der Waals surface area (Å²) in [6.45, 7) is 3.55. The average molecular weight is 293 g/mol. The van der Waals surface area contributed by atoms with Crippen LogP contribution in [0.25, 0.3) is 0 Å². The highest BCUT2D eigenvalue weighted by atomic mass is 19.1. The van der Waals surface area contributed by atoms with Crippen molar-refractivity contribution in [2.24, 2.45) is 5.92 Å². The van der Waals surface area contributed by atoms with E-state index in [2.05, 4.69) is 12.2 Å². The van der Waals surface area contributed by atoms with Gasteiger partial charge in [0.1, 0.15) is 17.7 Å². The lowest BCUT2D eigenvalue weighted by atomic mass is 9.79. The molecule has 0 saturated heterocycles. The Kier molecular flexibility index (Phi) is 4.18. The fraction of sp³-hybridized carbons (Fsp3) is 0.647. The van der Waals surface area contributed by atoms with Crippen molar-refractivity contribution in [3.63, 3.8) is 0 Å². The molecule has 1 fully saturated rings. The number of nitrogens with one attached hydrogen (secondary N) is 1. The molecule has 0 amide bonds. The van der Waals surface area contributed by atoms with Crippen molar-refractivity contribution in [2.45, 2.75) is 50.7 Å². The zero-order chi connectivity index (χ0) is 14.9. The maximum Gasteiger partial charge on any atom is 0.123 e. The summed E-state index contributed by atoms with van der Waals surface area (Å²) >= 11 is 0. The monoisotopic (exact) mass is 293 g/mol. The summed E-state index contributed by atoms with van der Waals surface area (Å²) in [7, 11) is 0. The SMILES string of the molecule is CC1CCC(O)(CNCC2Cc3cc(F)ccc3O2)CC1. The second-order valence-corrected chi connectivity index (χ2v) is 6.73. The summed E-state index contributed by atoms with van der Waals surface area (Å²) < 4.78 is 19.0. The highest BCUT2D eigenvalue weighted by Gasteiger charge is 2.32. The lowest BCUT2D eigenvalue weighted by Crippen LogP contribution is -2.45. The quantitative estimate of drug-likeness (QED) is 0.897. The molecular formula is C17H24FNO2. The minimum absolute atomic E-state index is 0.0351. The van der Waals surface area contributed by atoms with Crippen molar-refractivity contribution in [1.82, 2.24) is 5.32 Å². The maximum absolute atomic E-state index is 13.2. The molecule has 21 heavy (non-hydrogen) atoms. The standard InChI is InChI=1S/C17H24FNO2/c1-12-4-6-17(20,7-5-12)11-19-10-15-9-13-8-14(18)2-3-16(13)21-15/h2-3,8,12,15,19-20H,4-7,9-11H2,1H3. The van der Waals surface area contributed by atoms with E-state index in [0.717, 1.165) is 49.3 Å². The largest absolute Gasteiger partial charge is 0.488 e. The van der Waals surface area contributed by atoms with Crippen LogP contribution in [0.4, 0.5) is 4.39 Å². The Morgan fingerprint density at radius 2 is 2.14 bits per heavy atom. The van der Waals surface area contributed by atoms with E-state index in [1.165, 1.54) is 6.07 Å². The highest BCUT2D eigenvalue weighted by molar-refractivity contribution is 5.37. The number of hydrogen-bond acceptors (Lipinski definition) is 3. The Hall–Kier alpha value is -1.13. The van der Waals surface area contributed by atoms with E-state index in [1.54, 1.807) is 12.1 Å². The van der Waals surface area contributed by atoms with Gasteiger partial charge in [-0.25, -0.2) is 4.39 Å². The van der Waals surface area contributed by atoms with Crippen LogP contribution in [0.15, 0.2) is 18.2 Å². The Morgan fingerprint density at radius 3 is 2.90 bits per heavy atom. The van der Waals surface area contributed by atoms with Gasteiger partial charge < -0.3 is 15.2 Å². The Morgan fingerprint density at radius 1 is 1.38 bits per heavy atom. The maximum atomic E-state index is 13.2. The predicted octanol–water partition coefficient (Wildman–Crippen LogP) is 2.66. The molecule has 1 aliphatic heterocycles. The summed E-state index contributed by atoms with van der Waals surface area (Å²) in [6.07, 6.45) is 4.71. The molecule has 116 valence electrons. The van der Waals surface area contributed by atoms with Gasteiger partial charge in [0.15, 0.2) is 0 Å². The van der Waals surface area contributed by atoms with E-state index >= 15 is 0 Å². The van der Waals surface area contributed by atoms with E-state index in [9.17, 15) is 9.50 Å². The van der Waals surface area contributed by atoms with Gasteiger partial charge >= 0.3 is 0 Å².